The number of pyridine rings is 1. The van der Waals surface area contributed by atoms with Gasteiger partial charge in [0, 0.05) is 12.1 Å². The maximum atomic E-state index is 10.6. The molecule has 1 aromatic heterocycles. The standard InChI is InChI=1S/C11H15NO3/c1-3-15-10-5-4-9(12-7-10)6-8(2)11(13)14/h4-5,7-8H,3,6H2,1-2H3,(H,13,14). The third-order valence-electron chi connectivity index (χ3n) is 2.05. The van der Waals surface area contributed by atoms with Gasteiger partial charge in [0.25, 0.3) is 0 Å². The summed E-state index contributed by atoms with van der Waals surface area (Å²) in [7, 11) is 0. The van der Waals surface area contributed by atoms with E-state index < -0.39 is 11.9 Å². The molecule has 0 aliphatic heterocycles. The number of ether oxygens (including phenoxy) is 1. The molecule has 0 aliphatic rings. The Hall–Kier alpha value is -1.58. The molecule has 1 rings (SSSR count). The fraction of sp³-hybridized carbons (Fsp3) is 0.455. The van der Waals surface area contributed by atoms with Gasteiger partial charge in [0.1, 0.15) is 5.75 Å². The second-order valence-electron chi connectivity index (χ2n) is 3.36. The number of aliphatic carboxylic acids is 1. The first-order valence-electron chi connectivity index (χ1n) is 4.94. The van der Waals surface area contributed by atoms with Gasteiger partial charge in [-0.25, -0.2) is 0 Å². The summed E-state index contributed by atoms with van der Waals surface area (Å²) in [5.74, 6) is -0.495. The summed E-state index contributed by atoms with van der Waals surface area (Å²) >= 11 is 0. The van der Waals surface area contributed by atoms with E-state index in [2.05, 4.69) is 4.98 Å². The minimum absolute atomic E-state index is 0.407. The molecule has 1 aromatic rings. The average Bonchev–Trinajstić information content (AvgIpc) is 2.21. The second-order valence-corrected chi connectivity index (χ2v) is 3.36. The number of carboxylic acids is 1. The third kappa shape index (κ3) is 3.58. The highest BCUT2D eigenvalue weighted by molar-refractivity contribution is 5.69. The predicted octanol–water partition coefficient (Wildman–Crippen LogP) is 1.74. The van der Waals surface area contributed by atoms with Crippen molar-refractivity contribution >= 4 is 5.97 Å². The van der Waals surface area contributed by atoms with Gasteiger partial charge >= 0.3 is 5.97 Å². The lowest BCUT2D eigenvalue weighted by molar-refractivity contribution is -0.141. The van der Waals surface area contributed by atoms with Crippen LogP contribution in [-0.4, -0.2) is 22.7 Å². The van der Waals surface area contributed by atoms with Gasteiger partial charge in [-0.1, -0.05) is 6.92 Å². The SMILES string of the molecule is CCOc1ccc(CC(C)C(=O)O)nc1. The van der Waals surface area contributed by atoms with E-state index in [1.165, 1.54) is 0 Å². The van der Waals surface area contributed by atoms with Gasteiger partial charge in [0.05, 0.1) is 18.7 Å². The summed E-state index contributed by atoms with van der Waals surface area (Å²) in [6.45, 7) is 4.17. The Morgan fingerprint density at radius 1 is 1.60 bits per heavy atom. The zero-order chi connectivity index (χ0) is 11.3. The van der Waals surface area contributed by atoms with Gasteiger partial charge in [0.15, 0.2) is 0 Å². The molecule has 0 saturated carbocycles. The highest BCUT2D eigenvalue weighted by Gasteiger charge is 2.12. The number of nitrogens with zero attached hydrogens (tertiary/aromatic N) is 1. The van der Waals surface area contributed by atoms with Crippen molar-refractivity contribution in [3.8, 4) is 5.75 Å². The first-order valence-corrected chi connectivity index (χ1v) is 4.94. The smallest absolute Gasteiger partial charge is 0.306 e. The predicted molar refractivity (Wildman–Crippen MR) is 55.9 cm³/mol. The minimum Gasteiger partial charge on any atom is -0.492 e. The lowest BCUT2D eigenvalue weighted by Crippen LogP contribution is -2.12. The molecule has 0 aliphatic carbocycles. The highest BCUT2D eigenvalue weighted by Crippen LogP contribution is 2.12. The molecule has 1 unspecified atom stereocenters. The number of carbonyl (C=O) groups is 1. The van der Waals surface area contributed by atoms with Crippen molar-refractivity contribution in [2.45, 2.75) is 20.3 Å². The Balaban J connectivity index is 2.60. The summed E-state index contributed by atoms with van der Waals surface area (Å²) in [5.41, 5.74) is 0.772. The van der Waals surface area contributed by atoms with Crippen LogP contribution in [0.3, 0.4) is 0 Å². The molecule has 0 saturated heterocycles. The van der Waals surface area contributed by atoms with E-state index >= 15 is 0 Å². The lowest BCUT2D eigenvalue weighted by Gasteiger charge is -2.06. The number of aromatic nitrogens is 1. The van der Waals surface area contributed by atoms with E-state index in [1.54, 1.807) is 25.3 Å². The fourth-order valence-electron chi connectivity index (χ4n) is 1.18. The molecular formula is C11H15NO3. The number of carboxylic acid groups (broad SMARTS) is 1. The van der Waals surface area contributed by atoms with Crippen molar-refractivity contribution in [1.82, 2.24) is 4.98 Å². The summed E-state index contributed by atoms with van der Waals surface area (Å²) in [4.78, 5) is 14.8. The molecule has 1 heterocycles. The second kappa shape index (κ2) is 5.34. The Kier molecular flexibility index (Phi) is 4.09. The molecular weight excluding hydrogens is 194 g/mol. The van der Waals surface area contributed by atoms with E-state index in [4.69, 9.17) is 9.84 Å². The monoisotopic (exact) mass is 209 g/mol. The van der Waals surface area contributed by atoms with Crippen molar-refractivity contribution in [3.63, 3.8) is 0 Å². The molecule has 4 heteroatoms. The molecule has 0 radical (unpaired) electrons. The molecule has 0 fully saturated rings. The van der Waals surface area contributed by atoms with Crippen molar-refractivity contribution < 1.29 is 14.6 Å². The first-order chi connectivity index (χ1) is 7.13. The first kappa shape index (κ1) is 11.5. The van der Waals surface area contributed by atoms with Gasteiger partial charge < -0.3 is 9.84 Å². The van der Waals surface area contributed by atoms with Gasteiger partial charge in [-0.2, -0.15) is 0 Å². The van der Waals surface area contributed by atoms with Crippen molar-refractivity contribution in [3.05, 3.63) is 24.0 Å². The van der Waals surface area contributed by atoms with Crippen LogP contribution >= 0.6 is 0 Å². The van der Waals surface area contributed by atoms with Crippen molar-refractivity contribution in [1.29, 1.82) is 0 Å². The fourth-order valence-corrected chi connectivity index (χ4v) is 1.18. The summed E-state index contributed by atoms with van der Waals surface area (Å²) < 4.78 is 5.23. The summed E-state index contributed by atoms with van der Waals surface area (Å²) in [6, 6.07) is 3.60. The highest BCUT2D eigenvalue weighted by atomic mass is 16.5. The molecule has 4 nitrogen and oxygen atoms in total. The summed E-state index contributed by atoms with van der Waals surface area (Å²) in [5, 5.41) is 8.73. The molecule has 82 valence electrons. The topological polar surface area (TPSA) is 59.4 Å². The minimum atomic E-state index is -0.800. The molecule has 0 bridgehead atoms. The van der Waals surface area contributed by atoms with Gasteiger partial charge in [-0.05, 0) is 19.1 Å². The van der Waals surface area contributed by atoms with E-state index in [9.17, 15) is 4.79 Å². The van der Waals surface area contributed by atoms with Crippen molar-refractivity contribution in [2.75, 3.05) is 6.61 Å². The van der Waals surface area contributed by atoms with Gasteiger partial charge in [0.2, 0.25) is 0 Å². The Morgan fingerprint density at radius 3 is 2.80 bits per heavy atom. The van der Waals surface area contributed by atoms with E-state index in [0.717, 1.165) is 5.69 Å². The third-order valence-corrected chi connectivity index (χ3v) is 2.05. The normalized spacial score (nSPS) is 12.1. The van der Waals surface area contributed by atoms with Crippen LogP contribution in [0.15, 0.2) is 18.3 Å². The Bertz CT molecular complexity index is 321. The van der Waals surface area contributed by atoms with Gasteiger partial charge in [-0.15, -0.1) is 0 Å². The Morgan fingerprint density at radius 2 is 2.33 bits per heavy atom. The van der Waals surface area contributed by atoms with Crippen LogP contribution in [0.25, 0.3) is 0 Å². The van der Waals surface area contributed by atoms with Crippen LogP contribution < -0.4 is 4.74 Å². The zero-order valence-corrected chi connectivity index (χ0v) is 8.93. The van der Waals surface area contributed by atoms with Crippen LogP contribution in [0.4, 0.5) is 0 Å². The molecule has 15 heavy (non-hydrogen) atoms. The van der Waals surface area contributed by atoms with Crippen LogP contribution in [0.2, 0.25) is 0 Å². The van der Waals surface area contributed by atoms with E-state index in [0.29, 0.717) is 18.8 Å². The maximum absolute atomic E-state index is 10.6. The van der Waals surface area contributed by atoms with Crippen LogP contribution in [0.1, 0.15) is 19.5 Å². The largest absolute Gasteiger partial charge is 0.492 e. The number of rotatable bonds is 5. The lowest BCUT2D eigenvalue weighted by atomic mass is 10.1. The molecule has 0 aromatic carbocycles. The van der Waals surface area contributed by atoms with Gasteiger partial charge in [-0.3, -0.25) is 9.78 Å². The molecule has 1 atom stereocenters. The molecule has 0 spiro atoms. The van der Waals surface area contributed by atoms with E-state index in [1.807, 2.05) is 6.92 Å². The Labute approximate surface area is 88.9 Å². The van der Waals surface area contributed by atoms with Crippen LogP contribution in [-0.2, 0) is 11.2 Å². The number of hydrogen-bond acceptors (Lipinski definition) is 3. The maximum Gasteiger partial charge on any atom is 0.306 e. The van der Waals surface area contributed by atoms with E-state index in [-0.39, 0.29) is 0 Å². The summed E-state index contributed by atoms with van der Waals surface area (Å²) in [6.07, 6.45) is 2.06. The average molecular weight is 209 g/mol. The molecule has 0 amide bonds. The molecule has 1 N–H and O–H groups in total. The van der Waals surface area contributed by atoms with Crippen LogP contribution in [0, 0.1) is 5.92 Å². The number of hydrogen-bond donors (Lipinski definition) is 1. The quantitative estimate of drug-likeness (QED) is 0.802. The van der Waals surface area contributed by atoms with Crippen LogP contribution in [0.5, 0.6) is 5.75 Å². The van der Waals surface area contributed by atoms with Crippen molar-refractivity contribution in [2.24, 2.45) is 5.92 Å². The zero-order valence-electron chi connectivity index (χ0n) is 8.93.